The number of halogens is 1. The summed E-state index contributed by atoms with van der Waals surface area (Å²) in [4.78, 5) is 42.4. The number of benzene rings is 3. The molecule has 3 aromatic rings. The molecule has 0 saturated carbocycles. The molecule has 1 atom stereocenters. The molecule has 1 aliphatic rings. The molecule has 0 aromatic heterocycles. The number of carbonyl (C=O) groups excluding carboxylic acids is 3. The van der Waals surface area contributed by atoms with Gasteiger partial charge in [-0.25, -0.2) is 8.42 Å². The zero-order chi connectivity index (χ0) is 29.6. The van der Waals surface area contributed by atoms with Crippen molar-refractivity contribution in [3.8, 4) is 5.75 Å². The number of hydrogen-bond donors (Lipinski definition) is 1. The number of rotatable bonds is 10. The third kappa shape index (κ3) is 7.51. The first kappa shape index (κ1) is 30.2. The van der Waals surface area contributed by atoms with Crippen LogP contribution in [0.3, 0.4) is 0 Å². The molecule has 1 fully saturated rings. The van der Waals surface area contributed by atoms with E-state index >= 15 is 0 Å². The fourth-order valence-electron chi connectivity index (χ4n) is 4.44. The molecule has 1 aliphatic heterocycles. The number of amides is 3. The lowest BCUT2D eigenvalue weighted by Crippen LogP contribution is -2.56. The molecule has 1 heterocycles. The number of hydrogen-bond acceptors (Lipinski definition) is 6. The number of likely N-dealkylation sites (N-methyl/N-ethyl adjacent to an activating group) is 1. The van der Waals surface area contributed by atoms with E-state index in [-0.39, 0.29) is 43.4 Å². The summed E-state index contributed by atoms with van der Waals surface area (Å²) in [7, 11) is -0.678. The average Bonchev–Trinajstić information content (AvgIpc) is 2.98. The molecule has 0 spiro atoms. The molecule has 41 heavy (non-hydrogen) atoms. The van der Waals surface area contributed by atoms with Gasteiger partial charge in [0.1, 0.15) is 11.8 Å². The van der Waals surface area contributed by atoms with Crippen LogP contribution in [0.1, 0.15) is 5.56 Å². The van der Waals surface area contributed by atoms with Crippen molar-refractivity contribution in [3.63, 3.8) is 0 Å². The molecule has 12 heteroatoms. The highest BCUT2D eigenvalue weighted by Gasteiger charge is 2.34. The van der Waals surface area contributed by atoms with E-state index in [1.165, 1.54) is 21.9 Å². The van der Waals surface area contributed by atoms with Gasteiger partial charge in [-0.05, 0) is 54.1 Å². The smallest absolute Gasteiger partial charge is 0.249 e. The molecule has 1 N–H and O–H groups in total. The third-order valence-electron chi connectivity index (χ3n) is 6.78. The number of sulfonamides is 1. The molecule has 0 aliphatic carbocycles. The largest absolute Gasteiger partial charge is 0.497 e. The Labute approximate surface area is 248 Å². The van der Waals surface area contributed by atoms with Crippen LogP contribution in [-0.2, 0) is 30.8 Å². The van der Waals surface area contributed by atoms with Gasteiger partial charge in [-0.3, -0.25) is 14.4 Å². The van der Waals surface area contributed by atoms with Crippen molar-refractivity contribution in [1.29, 1.82) is 0 Å². The van der Waals surface area contributed by atoms with E-state index in [4.69, 9.17) is 4.74 Å². The van der Waals surface area contributed by atoms with Gasteiger partial charge in [0.05, 0.1) is 25.1 Å². The minimum Gasteiger partial charge on any atom is -0.497 e. The Bertz CT molecular complexity index is 1480. The summed E-state index contributed by atoms with van der Waals surface area (Å²) in [5.74, 6) is -0.685. The van der Waals surface area contributed by atoms with E-state index in [1.807, 2.05) is 30.3 Å². The van der Waals surface area contributed by atoms with E-state index in [2.05, 4.69) is 21.2 Å². The van der Waals surface area contributed by atoms with Gasteiger partial charge >= 0.3 is 0 Å². The van der Waals surface area contributed by atoms with Gasteiger partial charge < -0.3 is 19.9 Å². The van der Waals surface area contributed by atoms with Gasteiger partial charge in [-0.1, -0.05) is 46.3 Å². The fourth-order valence-corrected chi connectivity index (χ4v) is 6.09. The summed E-state index contributed by atoms with van der Waals surface area (Å²) in [6.45, 7) is -0.580. The number of methoxy groups -OCH3 is 1. The Hall–Kier alpha value is -3.74. The monoisotopic (exact) mass is 642 g/mol. The van der Waals surface area contributed by atoms with E-state index in [9.17, 15) is 22.8 Å². The molecule has 10 nitrogen and oxygen atoms in total. The highest BCUT2D eigenvalue weighted by molar-refractivity contribution is 9.10. The molecule has 0 unspecified atom stereocenters. The first-order valence-corrected chi connectivity index (χ1v) is 15.1. The summed E-state index contributed by atoms with van der Waals surface area (Å²) in [5, 5.41) is 2.79. The molecule has 3 aromatic carbocycles. The zero-order valence-corrected chi connectivity index (χ0v) is 25.1. The second-order valence-corrected chi connectivity index (χ2v) is 12.4. The van der Waals surface area contributed by atoms with Crippen molar-refractivity contribution in [2.24, 2.45) is 0 Å². The number of ether oxygens (including phenoxy) is 1. The highest BCUT2D eigenvalue weighted by Crippen LogP contribution is 2.21. The maximum absolute atomic E-state index is 13.5. The maximum atomic E-state index is 13.5. The predicted octanol–water partition coefficient (Wildman–Crippen LogP) is 2.68. The van der Waals surface area contributed by atoms with Crippen LogP contribution in [0.15, 0.2) is 88.2 Å². The molecule has 3 amide bonds. The van der Waals surface area contributed by atoms with Gasteiger partial charge in [-0.15, -0.1) is 0 Å². The number of piperazine rings is 1. The summed E-state index contributed by atoms with van der Waals surface area (Å²) in [6.07, 6.45) is 0.249. The van der Waals surface area contributed by atoms with Crippen molar-refractivity contribution in [2.45, 2.75) is 17.4 Å². The summed E-state index contributed by atoms with van der Waals surface area (Å²) in [5.41, 5.74) is 1.48. The van der Waals surface area contributed by atoms with Crippen molar-refractivity contribution < 1.29 is 27.5 Å². The topological polar surface area (TPSA) is 116 Å². The predicted molar refractivity (Wildman–Crippen MR) is 158 cm³/mol. The minimum absolute atomic E-state index is 0.0456. The Morgan fingerprint density at radius 1 is 1.00 bits per heavy atom. The second-order valence-electron chi connectivity index (χ2n) is 9.51. The lowest BCUT2D eigenvalue weighted by atomic mass is 10.0. The van der Waals surface area contributed by atoms with Gasteiger partial charge in [0.25, 0.3) is 0 Å². The van der Waals surface area contributed by atoms with Crippen LogP contribution in [0, 0.1) is 0 Å². The summed E-state index contributed by atoms with van der Waals surface area (Å²) < 4.78 is 33.0. The lowest BCUT2D eigenvalue weighted by Gasteiger charge is -2.33. The third-order valence-corrected chi connectivity index (χ3v) is 9.16. The first-order valence-electron chi connectivity index (χ1n) is 12.9. The normalized spacial score (nSPS) is 14.8. The van der Waals surface area contributed by atoms with Crippen molar-refractivity contribution >= 4 is 49.4 Å². The number of nitrogens with one attached hydrogen (secondary N) is 1. The number of carbonyl (C=O) groups is 3. The molecule has 4 rings (SSSR count). The van der Waals surface area contributed by atoms with Crippen LogP contribution in [0.2, 0.25) is 0 Å². The quantitative estimate of drug-likeness (QED) is 0.364. The van der Waals surface area contributed by atoms with E-state index in [0.29, 0.717) is 11.4 Å². The van der Waals surface area contributed by atoms with Crippen LogP contribution in [0.25, 0.3) is 0 Å². The SMILES string of the molecule is COc1ccc(N(C)C(=O)[C@H](Cc2ccccc2)NC(=O)CN2CCN(S(=O)(=O)c3ccc(Br)cc3)CC2=O)cc1. The van der Waals surface area contributed by atoms with Gasteiger partial charge in [0.2, 0.25) is 27.7 Å². The molecule has 1 saturated heterocycles. The molecule has 0 radical (unpaired) electrons. The molecule has 0 bridgehead atoms. The minimum atomic E-state index is -3.86. The van der Waals surface area contributed by atoms with Gasteiger partial charge in [-0.2, -0.15) is 4.31 Å². The number of anilines is 1. The van der Waals surface area contributed by atoms with E-state index in [1.54, 1.807) is 50.6 Å². The average molecular weight is 644 g/mol. The first-order chi connectivity index (χ1) is 19.6. The van der Waals surface area contributed by atoms with Crippen LogP contribution in [0.5, 0.6) is 5.75 Å². The maximum Gasteiger partial charge on any atom is 0.249 e. The Morgan fingerprint density at radius 3 is 2.27 bits per heavy atom. The Kier molecular flexibility index (Phi) is 9.79. The van der Waals surface area contributed by atoms with E-state index < -0.39 is 27.9 Å². The highest BCUT2D eigenvalue weighted by atomic mass is 79.9. The second kappa shape index (κ2) is 13.3. The number of nitrogens with zero attached hydrogens (tertiary/aromatic N) is 3. The summed E-state index contributed by atoms with van der Waals surface area (Å²) in [6, 6.07) is 21.6. The van der Waals surface area contributed by atoms with Gasteiger partial charge in [0, 0.05) is 36.7 Å². The van der Waals surface area contributed by atoms with Crippen molar-refractivity contribution in [3.05, 3.63) is 88.9 Å². The van der Waals surface area contributed by atoms with Gasteiger partial charge in [0.15, 0.2) is 0 Å². The molecular weight excluding hydrogens is 612 g/mol. The zero-order valence-electron chi connectivity index (χ0n) is 22.7. The standard InChI is InChI=1S/C29H31BrN4O6S/c1-32(23-10-12-24(40-2)13-11-23)29(37)26(18-21-6-4-3-5-7-21)31-27(35)19-33-16-17-34(20-28(33)36)41(38,39)25-14-8-22(30)9-15-25/h3-15,26H,16-20H2,1-2H3,(H,31,35)/t26-/m0/s1. The van der Waals surface area contributed by atoms with Crippen molar-refractivity contribution in [1.82, 2.24) is 14.5 Å². The Morgan fingerprint density at radius 2 is 1.66 bits per heavy atom. The summed E-state index contributed by atoms with van der Waals surface area (Å²) >= 11 is 3.28. The van der Waals surface area contributed by atoms with Crippen LogP contribution >= 0.6 is 15.9 Å². The molecular formula is C29H31BrN4O6S. The fraction of sp³-hybridized carbons (Fsp3) is 0.276. The van der Waals surface area contributed by atoms with Crippen LogP contribution in [-0.4, -0.2) is 81.7 Å². The van der Waals surface area contributed by atoms with Crippen LogP contribution < -0.4 is 15.0 Å². The van der Waals surface area contributed by atoms with Crippen molar-refractivity contribution in [2.75, 3.05) is 45.2 Å². The lowest BCUT2D eigenvalue weighted by molar-refractivity contribution is -0.139. The Balaban J connectivity index is 1.42. The van der Waals surface area contributed by atoms with E-state index in [0.717, 1.165) is 14.3 Å². The van der Waals surface area contributed by atoms with Crippen LogP contribution in [0.4, 0.5) is 5.69 Å². The molecule has 216 valence electrons.